The van der Waals surface area contributed by atoms with Gasteiger partial charge in [-0.3, -0.25) is 35.9 Å². The number of non-ortho nitro benzene ring substituents is 1. The van der Waals surface area contributed by atoms with Crippen LogP contribution in [-0.2, 0) is 16.0 Å². The highest BCUT2D eigenvalue weighted by molar-refractivity contribution is 9.10. The SMILES string of the molecule is CCc1ccc(OCC(=O)NC(=S)NNC(=O)COc2ccc([N+](=O)[O-])cc2)c(Br)c1. The Labute approximate surface area is 191 Å². The van der Waals surface area contributed by atoms with E-state index in [9.17, 15) is 19.7 Å². The standard InChI is InChI=1S/C19H19BrN4O6S/c1-2-12-3-8-16(15(20)9-12)30-10-17(25)21-19(31)23-22-18(26)11-29-14-6-4-13(5-7-14)24(27)28/h3-9H,2,10-11H2,1H3,(H,22,26)(H2,21,23,25,31). The van der Waals surface area contributed by atoms with Crippen LogP contribution >= 0.6 is 28.1 Å². The van der Waals surface area contributed by atoms with E-state index in [1.54, 1.807) is 6.07 Å². The van der Waals surface area contributed by atoms with Crippen molar-refractivity contribution in [2.75, 3.05) is 13.2 Å². The van der Waals surface area contributed by atoms with Crippen molar-refractivity contribution in [1.82, 2.24) is 16.2 Å². The van der Waals surface area contributed by atoms with Crippen molar-refractivity contribution in [3.05, 3.63) is 62.6 Å². The summed E-state index contributed by atoms with van der Waals surface area (Å²) < 4.78 is 11.4. The van der Waals surface area contributed by atoms with Crippen LogP contribution in [0.4, 0.5) is 5.69 Å². The Morgan fingerprint density at radius 1 is 1.06 bits per heavy atom. The predicted molar refractivity (Wildman–Crippen MR) is 120 cm³/mol. The van der Waals surface area contributed by atoms with Crippen LogP contribution in [0.15, 0.2) is 46.9 Å². The molecule has 3 N–H and O–H groups in total. The maximum Gasteiger partial charge on any atom is 0.276 e. The summed E-state index contributed by atoms with van der Waals surface area (Å²) in [6.07, 6.45) is 0.879. The molecular weight excluding hydrogens is 492 g/mol. The highest BCUT2D eigenvalue weighted by Gasteiger charge is 2.10. The topological polar surface area (TPSA) is 132 Å². The molecule has 0 radical (unpaired) electrons. The molecule has 0 fully saturated rings. The van der Waals surface area contributed by atoms with Crippen molar-refractivity contribution in [1.29, 1.82) is 0 Å². The van der Waals surface area contributed by atoms with E-state index in [1.807, 2.05) is 19.1 Å². The molecule has 10 nitrogen and oxygen atoms in total. The number of thiocarbonyl (C=S) groups is 1. The number of carbonyl (C=O) groups excluding carboxylic acids is 2. The number of halogens is 1. The first kappa shape index (κ1) is 24.0. The Hall–Kier alpha value is -3.25. The number of hydrogen-bond acceptors (Lipinski definition) is 7. The minimum atomic E-state index is -0.578. The van der Waals surface area contributed by atoms with Crippen molar-refractivity contribution < 1.29 is 24.0 Å². The largest absolute Gasteiger partial charge is 0.484 e. The number of nitrogens with zero attached hydrogens (tertiary/aromatic N) is 1. The lowest BCUT2D eigenvalue weighted by Crippen LogP contribution is -2.50. The fourth-order valence-corrected chi connectivity index (χ4v) is 2.90. The molecule has 0 unspecified atom stereocenters. The first-order valence-electron chi connectivity index (χ1n) is 8.95. The van der Waals surface area contributed by atoms with Gasteiger partial charge in [0.1, 0.15) is 11.5 Å². The van der Waals surface area contributed by atoms with E-state index in [4.69, 9.17) is 21.7 Å². The number of hydrazine groups is 1. The zero-order valence-corrected chi connectivity index (χ0v) is 18.7. The van der Waals surface area contributed by atoms with Crippen LogP contribution in [0.3, 0.4) is 0 Å². The van der Waals surface area contributed by atoms with Gasteiger partial charge in [-0.25, -0.2) is 0 Å². The minimum absolute atomic E-state index is 0.0890. The normalized spacial score (nSPS) is 10.0. The van der Waals surface area contributed by atoms with Gasteiger partial charge in [-0.1, -0.05) is 13.0 Å². The van der Waals surface area contributed by atoms with Crippen molar-refractivity contribution in [2.45, 2.75) is 13.3 Å². The fraction of sp³-hybridized carbons (Fsp3) is 0.211. The monoisotopic (exact) mass is 510 g/mol. The molecule has 0 aliphatic carbocycles. The van der Waals surface area contributed by atoms with Crippen LogP contribution in [0.25, 0.3) is 0 Å². The lowest BCUT2D eigenvalue weighted by Gasteiger charge is -2.12. The molecule has 164 valence electrons. The van der Waals surface area contributed by atoms with Gasteiger partial charge in [-0.2, -0.15) is 0 Å². The van der Waals surface area contributed by atoms with E-state index in [0.717, 1.165) is 16.5 Å². The van der Waals surface area contributed by atoms with E-state index >= 15 is 0 Å². The van der Waals surface area contributed by atoms with Gasteiger partial charge in [-0.15, -0.1) is 0 Å². The summed E-state index contributed by atoms with van der Waals surface area (Å²) in [4.78, 5) is 33.8. The van der Waals surface area contributed by atoms with Gasteiger partial charge in [-0.05, 0) is 64.4 Å². The van der Waals surface area contributed by atoms with Crippen LogP contribution in [0.2, 0.25) is 0 Å². The number of aryl methyl sites for hydroxylation is 1. The number of benzene rings is 2. The number of ether oxygens (including phenoxy) is 2. The van der Waals surface area contributed by atoms with Gasteiger partial charge in [0, 0.05) is 12.1 Å². The summed E-state index contributed by atoms with van der Waals surface area (Å²) in [5.74, 6) is -0.290. The molecule has 0 aromatic heterocycles. The third-order valence-electron chi connectivity index (χ3n) is 3.75. The first-order valence-corrected chi connectivity index (χ1v) is 10.2. The maximum absolute atomic E-state index is 11.9. The molecule has 12 heteroatoms. The highest BCUT2D eigenvalue weighted by atomic mass is 79.9. The first-order chi connectivity index (χ1) is 14.8. The Kier molecular flexibility index (Phi) is 9.15. The van der Waals surface area contributed by atoms with Crippen molar-refractivity contribution in [3.8, 4) is 11.5 Å². The molecule has 0 atom stereocenters. The summed E-state index contributed by atoms with van der Waals surface area (Å²) in [5.41, 5.74) is 5.66. The van der Waals surface area contributed by atoms with Crippen molar-refractivity contribution in [3.63, 3.8) is 0 Å². The lowest BCUT2D eigenvalue weighted by molar-refractivity contribution is -0.384. The number of nitrogens with one attached hydrogen (secondary N) is 3. The van der Waals surface area contributed by atoms with Gasteiger partial charge in [0.05, 0.1) is 9.40 Å². The maximum atomic E-state index is 11.9. The summed E-state index contributed by atoms with van der Waals surface area (Å²) in [6, 6.07) is 10.8. The summed E-state index contributed by atoms with van der Waals surface area (Å²) in [5, 5.41) is 12.8. The zero-order chi connectivity index (χ0) is 22.8. The molecule has 0 heterocycles. The molecule has 0 aliphatic rings. The fourth-order valence-electron chi connectivity index (χ4n) is 2.19. The highest BCUT2D eigenvalue weighted by Crippen LogP contribution is 2.26. The molecule has 2 aromatic carbocycles. The van der Waals surface area contributed by atoms with Crippen LogP contribution in [0.5, 0.6) is 11.5 Å². The molecule has 0 bridgehead atoms. The number of nitro benzene ring substituents is 1. The molecule has 0 spiro atoms. The number of rotatable bonds is 8. The number of amides is 2. The third-order valence-corrected chi connectivity index (χ3v) is 4.57. The van der Waals surface area contributed by atoms with E-state index < -0.39 is 16.7 Å². The van der Waals surface area contributed by atoms with Crippen LogP contribution in [0, 0.1) is 10.1 Å². The van der Waals surface area contributed by atoms with E-state index in [2.05, 4.69) is 32.1 Å². The average Bonchev–Trinajstić information content (AvgIpc) is 2.75. The van der Waals surface area contributed by atoms with Crippen molar-refractivity contribution >= 4 is 50.8 Å². The second kappa shape index (κ2) is 11.8. The number of carbonyl (C=O) groups is 2. The predicted octanol–water partition coefficient (Wildman–Crippen LogP) is 2.40. The Bertz CT molecular complexity index is 970. The molecule has 31 heavy (non-hydrogen) atoms. The third kappa shape index (κ3) is 8.18. The average molecular weight is 511 g/mol. The number of nitro groups is 1. The summed E-state index contributed by atoms with van der Waals surface area (Å²) in [7, 11) is 0. The molecule has 2 amide bonds. The Balaban J connectivity index is 1.67. The lowest BCUT2D eigenvalue weighted by atomic mass is 10.2. The van der Waals surface area contributed by atoms with Gasteiger partial charge < -0.3 is 9.47 Å². The summed E-state index contributed by atoms with van der Waals surface area (Å²) in [6.45, 7) is 1.39. The second-order valence-corrected chi connectivity index (χ2v) is 7.26. The van der Waals surface area contributed by atoms with E-state index in [0.29, 0.717) is 5.75 Å². The Morgan fingerprint density at radius 3 is 2.35 bits per heavy atom. The number of hydrogen-bond donors (Lipinski definition) is 3. The van der Waals surface area contributed by atoms with Crippen molar-refractivity contribution in [2.24, 2.45) is 0 Å². The molecule has 0 aliphatic heterocycles. The van der Waals surface area contributed by atoms with Gasteiger partial charge in [0.15, 0.2) is 18.3 Å². The summed E-state index contributed by atoms with van der Waals surface area (Å²) >= 11 is 8.31. The molecule has 0 saturated carbocycles. The smallest absolute Gasteiger partial charge is 0.276 e. The molecular formula is C19H19BrN4O6S. The van der Waals surface area contributed by atoms with Crippen LogP contribution in [0.1, 0.15) is 12.5 Å². The van der Waals surface area contributed by atoms with Crippen LogP contribution in [-0.4, -0.2) is 35.1 Å². The van der Waals surface area contributed by atoms with E-state index in [1.165, 1.54) is 24.3 Å². The molecule has 2 aromatic rings. The molecule has 0 saturated heterocycles. The van der Waals surface area contributed by atoms with Gasteiger partial charge >= 0.3 is 0 Å². The zero-order valence-electron chi connectivity index (χ0n) is 16.3. The quantitative estimate of drug-likeness (QED) is 0.280. The van der Waals surface area contributed by atoms with E-state index in [-0.39, 0.29) is 29.8 Å². The Morgan fingerprint density at radius 2 is 1.74 bits per heavy atom. The molecule has 2 rings (SSSR count). The van der Waals surface area contributed by atoms with Gasteiger partial charge in [0.25, 0.3) is 17.5 Å². The second-order valence-electron chi connectivity index (χ2n) is 6.00. The minimum Gasteiger partial charge on any atom is -0.484 e. The van der Waals surface area contributed by atoms with Gasteiger partial charge in [0.2, 0.25) is 0 Å². The van der Waals surface area contributed by atoms with Crippen LogP contribution < -0.4 is 25.6 Å².